The van der Waals surface area contributed by atoms with Crippen molar-refractivity contribution in [3.63, 3.8) is 0 Å². The molecule has 0 bridgehead atoms. The molecule has 2 unspecified atom stereocenters. The number of aliphatic hydroxyl groups is 1. The fourth-order valence-electron chi connectivity index (χ4n) is 0.652. The van der Waals surface area contributed by atoms with Crippen LogP contribution in [0.15, 0.2) is 0 Å². The van der Waals surface area contributed by atoms with Gasteiger partial charge in [0.2, 0.25) is 0 Å². The molecule has 0 aromatic heterocycles. The van der Waals surface area contributed by atoms with Gasteiger partial charge in [-0.1, -0.05) is 0 Å². The van der Waals surface area contributed by atoms with E-state index in [9.17, 15) is 4.57 Å². The number of hydrogen-bond acceptors (Lipinski definition) is 5. The fraction of sp³-hybridized carbons (Fsp3) is 1.00. The van der Waals surface area contributed by atoms with E-state index in [0.717, 1.165) is 0 Å². The highest BCUT2D eigenvalue weighted by Gasteiger charge is 2.27. The van der Waals surface area contributed by atoms with Gasteiger partial charge < -0.3 is 5.11 Å². The second-order valence-electron chi connectivity index (χ2n) is 3.16. The molecule has 2 atom stereocenters. The van der Waals surface area contributed by atoms with E-state index in [1.807, 2.05) is 0 Å². The second kappa shape index (κ2) is 8.70. The van der Waals surface area contributed by atoms with Crippen molar-refractivity contribution in [3.05, 3.63) is 0 Å². The lowest BCUT2D eigenvalue weighted by molar-refractivity contribution is 0.0970. The number of phosphoric acid groups is 1. The van der Waals surface area contributed by atoms with Crippen LogP contribution in [0.25, 0.3) is 0 Å². The average Bonchev–Trinajstić information content (AvgIpc) is 2.21. The molecule has 0 rings (SSSR count). The van der Waals surface area contributed by atoms with Crippen LogP contribution in [0.5, 0.6) is 0 Å². The summed E-state index contributed by atoms with van der Waals surface area (Å²) in [6.45, 7) is 3.01. The Balaban J connectivity index is 4.18. The zero-order valence-corrected chi connectivity index (χ0v) is 11.7. The van der Waals surface area contributed by atoms with E-state index < -0.39 is 7.82 Å². The van der Waals surface area contributed by atoms with Gasteiger partial charge >= 0.3 is 7.82 Å². The summed E-state index contributed by atoms with van der Waals surface area (Å²) in [7, 11) is -3.67. The molecule has 0 saturated carbocycles. The molecule has 5 nitrogen and oxygen atoms in total. The molecule has 0 heterocycles. The summed E-state index contributed by atoms with van der Waals surface area (Å²) >= 11 is 11.3. The van der Waals surface area contributed by atoms with Crippen LogP contribution in [0.4, 0.5) is 0 Å². The van der Waals surface area contributed by atoms with Crippen molar-refractivity contribution in [3.8, 4) is 0 Å². The Morgan fingerprint density at radius 3 is 1.88 bits per heavy atom. The summed E-state index contributed by atoms with van der Waals surface area (Å²) in [4.78, 5) is 0. The van der Waals surface area contributed by atoms with E-state index in [2.05, 4.69) is 0 Å². The van der Waals surface area contributed by atoms with E-state index in [4.69, 9.17) is 41.9 Å². The SMILES string of the molecule is CC(Cl)COP(=O)(OCCO)OCC(C)Cl. The molecule has 0 fully saturated rings. The van der Waals surface area contributed by atoms with Crippen molar-refractivity contribution in [1.82, 2.24) is 0 Å². The zero-order chi connectivity index (χ0) is 12.6. The zero-order valence-electron chi connectivity index (χ0n) is 9.27. The predicted molar refractivity (Wildman–Crippen MR) is 63.2 cm³/mol. The van der Waals surface area contributed by atoms with Crippen molar-refractivity contribution in [2.75, 3.05) is 26.4 Å². The molecule has 0 aromatic carbocycles. The van der Waals surface area contributed by atoms with Gasteiger partial charge in [0.25, 0.3) is 0 Å². The monoisotopic (exact) mass is 294 g/mol. The fourth-order valence-corrected chi connectivity index (χ4v) is 2.30. The Hall–Kier alpha value is 0.650. The van der Waals surface area contributed by atoms with E-state index in [1.165, 1.54) is 0 Å². The number of rotatable bonds is 9. The summed E-state index contributed by atoms with van der Waals surface area (Å²) < 4.78 is 26.6. The van der Waals surface area contributed by atoms with Gasteiger partial charge in [0, 0.05) is 0 Å². The van der Waals surface area contributed by atoms with Crippen molar-refractivity contribution in [2.45, 2.75) is 24.6 Å². The highest BCUT2D eigenvalue weighted by atomic mass is 35.5. The number of halogens is 2. The Morgan fingerprint density at radius 1 is 1.12 bits per heavy atom. The number of hydrogen-bond donors (Lipinski definition) is 1. The molecule has 0 radical (unpaired) electrons. The molecular formula is C8H17Cl2O5P. The van der Waals surface area contributed by atoms with E-state index >= 15 is 0 Å². The van der Waals surface area contributed by atoms with Gasteiger partial charge in [-0.25, -0.2) is 4.57 Å². The minimum Gasteiger partial charge on any atom is -0.394 e. The molecule has 16 heavy (non-hydrogen) atoms. The van der Waals surface area contributed by atoms with Gasteiger partial charge in [0.1, 0.15) is 0 Å². The Morgan fingerprint density at radius 2 is 1.56 bits per heavy atom. The second-order valence-corrected chi connectivity index (χ2v) is 6.32. The molecule has 0 spiro atoms. The van der Waals surface area contributed by atoms with Crippen LogP contribution in [-0.4, -0.2) is 42.3 Å². The third kappa shape index (κ3) is 8.76. The smallest absolute Gasteiger partial charge is 0.394 e. The molecule has 0 aliphatic rings. The standard InChI is InChI=1S/C8H17Cl2O5P/c1-7(9)5-14-16(12,13-4-3-11)15-6-8(2)10/h7-8,11H,3-6H2,1-2H3. The Kier molecular flexibility index (Phi) is 9.05. The number of aliphatic hydroxyl groups excluding tert-OH is 1. The molecule has 8 heteroatoms. The molecular weight excluding hydrogens is 278 g/mol. The first-order chi connectivity index (χ1) is 7.39. The average molecular weight is 295 g/mol. The maximum atomic E-state index is 11.9. The minimum atomic E-state index is -3.67. The van der Waals surface area contributed by atoms with Crippen LogP contribution in [-0.2, 0) is 18.1 Å². The summed E-state index contributed by atoms with van der Waals surface area (Å²) in [5.74, 6) is 0. The molecule has 0 amide bonds. The van der Waals surface area contributed by atoms with Gasteiger partial charge in [0.05, 0.1) is 37.2 Å². The largest absolute Gasteiger partial charge is 0.474 e. The highest BCUT2D eigenvalue weighted by Crippen LogP contribution is 2.49. The molecule has 1 N–H and O–H groups in total. The van der Waals surface area contributed by atoms with Gasteiger partial charge in [-0.15, -0.1) is 23.2 Å². The summed E-state index contributed by atoms with van der Waals surface area (Å²) in [5, 5.41) is 7.94. The third-order valence-corrected chi connectivity index (χ3v) is 2.95. The topological polar surface area (TPSA) is 65.0 Å². The van der Waals surface area contributed by atoms with Crippen molar-refractivity contribution in [1.29, 1.82) is 0 Å². The van der Waals surface area contributed by atoms with E-state index in [1.54, 1.807) is 13.8 Å². The lowest BCUT2D eigenvalue weighted by Gasteiger charge is -2.18. The van der Waals surface area contributed by atoms with Gasteiger partial charge in [-0.05, 0) is 13.8 Å². The van der Waals surface area contributed by atoms with Gasteiger partial charge in [-0.3, -0.25) is 13.6 Å². The minimum absolute atomic E-state index is 0.0287. The summed E-state index contributed by atoms with van der Waals surface area (Å²) in [5.41, 5.74) is 0. The van der Waals surface area contributed by atoms with Crippen molar-refractivity contribution < 1.29 is 23.2 Å². The maximum Gasteiger partial charge on any atom is 0.474 e. The van der Waals surface area contributed by atoms with Crippen LogP contribution < -0.4 is 0 Å². The first-order valence-corrected chi connectivity index (χ1v) is 7.15. The number of phosphoric ester groups is 1. The van der Waals surface area contributed by atoms with Crippen LogP contribution in [0.1, 0.15) is 13.8 Å². The first-order valence-electron chi connectivity index (χ1n) is 4.82. The number of alkyl halides is 2. The van der Waals surface area contributed by atoms with Crippen LogP contribution >= 0.6 is 31.0 Å². The molecule has 0 saturated heterocycles. The third-order valence-electron chi connectivity index (χ3n) is 1.27. The molecule has 0 aliphatic carbocycles. The highest BCUT2D eigenvalue weighted by molar-refractivity contribution is 7.48. The van der Waals surface area contributed by atoms with E-state index in [-0.39, 0.29) is 37.2 Å². The van der Waals surface area contributed by atoms with Crippen molar-refractivity contribution in [2.24, 2.45) is 0 Å². The first kappa shape index (κ1) is 16.6. The van der Waals surface area contributed by atoms with Crippen LogP contribution in [0.3, 0.4) is 0 Å². The van der Waals surface area contributed by atoms with Crippen LogP contribution in [0, 0.1) is 0 Å². The summed E-state index contributed by atoms with van der Waals surface area (Å²) in [6, 6.07) is 0. The normalized spacial score (nSPS) is 19.1. The van der Waals surface area contributed by atoms with Gasteiger partial charge in [-0.2, -0.15) is 0 Å². The lowest BCUT2D eigenvalue weighted by Crippen LogP contribution is -2.11. The van der Waals surface area contributed by atoms with Crippen molar-refractivity contribution >= 4 is 31.0 Å². The molecule has 98 valence electrons. The van der Waals surface area contributed by atoms with Gasteiger partial charge in [0.15, 0.2) is 0 Å². The van der Waals surface area contributed by atoms with E-state index in [0.29, 0.717) is 0 Å². The Labute approximate surface area is 106 Å². The lowest BCUT2D eigenvalue weighted by atomic mass is 10.5. The Bertz CT molecular complexity index is 208. The maximum absolute atomic E-state index is 11.9. The molecule has 0 aromatic rings. The predicted octanol–water partition coefficient (Wildman–Crippen LogP) is 2.39. The summed E-state index contributed by atoms with van der Waals surface area (Å²) in [6.07, 6.45) is 0. The quantitative estimate of drug-likeness (QED) is 0.522. The van der Waals surface area contributed by atoms with Crippen LogP contribution in [0.2, 0.25) is 0 Å². The molecule has 0 aliphatic heterocycles.